The van der Waals surface area contributed by atoms with Gasteiger partial charge in [0, 0.05) is 19.6 Å². The summed E-state index contributed by atoms with van der Waals surface area (Å²) in [6.07, 6.45) is 2.04. The summed E-state index contributed by atoms with van der Waals surface area (Å²) in [6.45, 7) is 2.86. The van der Waals surface area contributed by atoms with Crippen LogP contribution in [-0.2, 0) is 11.3 Å². The normalized spacial score (nSPS) is 17.1. The maximum Gasteiger partial charge on any atom is 0.124 e. The van der Waals surface area contributed by atoms with Crippen LogP contribution in [0.3, 0.4) is 0 Å². The highest BCUT2D eigenvalue weighted by Crippen LogP contribution is 2.17. The second-order valence-electron chi connectivity index (χ2n) is 5.03. The fourth-order valence-corrected chi connectivity index (χ4v) is 2.52. The zero-order valence-electron chi connectivity index (χ0n) is 11.4. The molecule has 0 bridgehead atoms. The third-order valence-corrected chi connectivity index (χ3v) is 3.47. The smallest absolute Gasteiger partial charge is 0.124 e. The average Bonchev–Trinajstić information content (AvgIpc) is 2.46. The van der Waals surface area contributed by atoms with Gasteiger partial charge in [0.25, 0.3) is 0 Å². The predicted octanol–water partition coefficient (Wildman–Crippen LogP) is 1.67. The average molecular weight is 278 g/mol. The van der Waals surface area contributed by atoms with E-state index in [1.807, 2.05) is 6.07 Å². The minimum absolute atomic E-state index is 0.0560. The van der Waals surface area contributed by atoms with Gasteiger partial charge in [0.05, 0.1) is 31.0 Å². The molecular weight excluding hydrogens is 259 g/mol. The Balaban J connectivity index is 1.86. The molecule has 1 aliphatic rings. The van der Waals surface area contributed by atoms with Crippen LogP contribution in [0.1, 0.15) is 24.0 Å². The van der Waals surface area contributed by atoms with Crippen LogP contribution in [0.4, 0.5) is 4.39 Å². The molecule has 1 N–H and O–H groups in total. The van der Waals surface area contributed by atoms with E-state index in [1.165, 1.54) is 12.1 Å². The van der Waals surface area contributed by atoms with E-state index >= 15 is 0 Å². The molecule has 1 heterocycles. The monoisotopic (exact) mass is 278 g/mol. The summed E-state index contributed by atoms with van der Waals surface area (Å²) in [4.78, 5) is 2.23. The van der Waals surface area contributed by atoms with E-state index < -0.39 is 0 Å². The maximum absolute atomic E-state index is 13.4. The zero-order chi connectivity index (χ0) is 14.4. The summed E-state index contributed by atoms with van der Waals surface area (Å²) in [6, 6.07) is 6.44. The molecule has 0 saturated carbocycles. The molecule has 0 atom stereocenters. The van der Waals surface area contributed by atoms with Crippen molar-refractivity contribution < 1.29 is 14.2 Å². The van der Waals surface area contributed by atoms with Crippen molar-refractivity contribution >= 4 is 0 Å². The Hall–Kier alpha value is -1.48. The first kappa shape index (κ1) is 14.9. The van der Waals surface area contributed by atoms with Crippen molar-refractivity contribution in [3.8, 4) is 6.07 Å². The van der Waals surface area contributed by atoms with E-state index in [0.29, 0.717) is 18.7 Å². The van der Waals surface area contributed by atoms with Gasteiger partial charge in [-0.15, -0.1) is 0 Å². The third-order valence-electron chi connectivity index (χ3n) is 3.47. The molecule has 1 aliphatic heterocycles. The minimum Gasteiger partial charge on any atom is -0.394 e. The van der Waals surface area contributed by atoms with Crippen LogP contribution in [0.25, 0.3) is 0 Å². The van der Waals surface area contributed by atoms with E-state index in [1.54, 1.807) is 6.07 Å². The summed E-state index contributed by atoms with van der Waals surface area (Å²) in [5, 5.41) is 17.6. The Labute approximate surface area is 118 Å². The highest BCUT2D eigenvalue weighted by Gasteiger charge is 2.19. The SMILES string of the molecule is N#Cc1cc(F)cc(CN2CCC(OCCO)CC2)c1. The van der Waals surface area contributed by atoms with Crippen molar-refractivity contribution in [2.45, 2.75) is 25.5 Å². The highest BCUT2D eigenvalue weighted by molar-refractivity contribution is 5.33. The molecular formula is C15H19FN2O2. The second kappa shape index (κ2) is 7.34. The molecule has 0 spiro atoms. The molecule has 108 valence electrons. The van der Waals surface area contributed by atoms with Crippen molar-refractivity contribution in [2.75, 3.05) is 26.3 Å². The summed E-state index contributed by atoms with van der Waals surface area (Å²) in [5.41, 5.74) is 1.19. The number of hydrogen-bond donors (Lipinski definition) is 1. The summed E-state index contributed by atoms with van der Waals surface area (Å²) in [7, 11) is 0. The zero-order valence-corrected chi connectivity index (χ0v) is 11.4. The van der Waals surface area contributed by atoms with Crippen molar-refractivity contribution in [2.24, 2.45) is 0 Å². The quantitative estimate of drug-likeness (QED) is 0.890. The summed E-state index contributed by atoms with van der Waals surface area (Å²) in [5.74, 6) is -0.361. The molecule has 5 heteroatoms. The van der Waals surface area contributed by atoms with E-state index in [9.17, 15) is 4.39 Å². The number of nitrogens with zero attached hydrogens (tertiary/aromatic N) is 2. The summed E-state index contributed by atoms with van der Waals surface area (Å²) < 4.78 is 18.9. The van der Waals surface area contributed by atoms with Gasteiger partial charge in [-0.2, -0.15) is 5.26 Å². The van der Waals surface area contributed by atoms with Gasteiger partial charge in [-0.3, -0.25) is 4.90 Å². The lowest BCUT2D eigenvalue weighted by Crippen LogP contribution is -2.36. The lowest BCUT2D eigenvalue weighted by atomic mass is 10.1. The van der Waals surface area contributed by atoms with Gasteiger partial charge in [-0.05, 0) is 36.6 Å². The number of ether oxygens (including phenoxy) is 1. The predicted molar refractivity (Wildman–Crippen MR) is 72.5 cm³/mol. The molecule has 20 heavy (non-hydrogen) atoms. The minimum atomic E-state index is -0.361. The molecule has 1 saturated heterocycles. The Bertz CT molecular complexity index is 479. The van der Waals surface area contributed by atoms with Gasteiger partial charge >= 0.3 is 0 Å². The number of piperidine rings is 1. The van der Waals surface area contributed by atoms with Gasteiger partial charge in [0.2, 0.25) is 0 Å². The van der Waals surface area contributed by atoms with Crippen LogP contribution < -0.4 is 0 Å². The van der Waals surface area contributed by atoms with Gasteiger partial charge in [0.15, 0.2) is 0 Å². The van der Waals surface area contributed by atoms with Crippen LogP contribution in [0, 0.1) is 17.1 Å². The van der Waals surface area contributed by atoms with Crippen molar-refractivity contribution in [1.29, 1.82) is 5.26 Å². The lowest BCUT2D eigenvalue weighted by molar-refractivity contribution is -0.00902. The largest absolute Gasteiger partial charge is 0.394 e. The molecule has 0 amide bonds. The van der Waals surface area contributed by atoms with Crippen molar-refractivity contribution in [3.63, 3.8) is 0 Å². The molecule has 1 aromatic carbocycles. The first-order chi connectivity index (χ1) is 9.71. The van der Waals surface area contributed by atoms with Crippen LogP contribution >= 0.6 is 0 Å². The molecule has 4 nitrogen and oxygen atoms in total. The van der Waals surface area contributed by atoms with Gasteiger partial charge in [0.1, 0.15) is 5.82 Å². The number of aliphatic hydroxyl groups is 1. The standard InChI is InChI=1S/C15H19FN2O2/c16-14-8-12(10-17)7-13(9-14)11-18-3-1-15(2-4-18)20-6-5-19/h7-9,15,19H,1-6,11H2. The van der Waals surface area contributed by atoms with Gasteiger partial charge in [-0.1, -0.05) is 0 Å². The van der Waals surface area contributed by atoms with Crippen molar-refractivity contribution in [3.05, 3.63) is 35.1 Å². The number of hydrogen-bond acceptors (Lipinski definition) is 4. The van der Waals surface area contributed by atoms with Crippen molar-refractivity contribution in [1.82, 2.24) is 4.90 Å². The van der Waals surface area contributed by atoms with Crippen LogP contribution in [0.15, 0.2) is 18.2 Å². The Morgan fingerprint density at radius 2 is 2.10 bits per heavy atom. The lowest BCUT2D eigenvalue weighted by Gasteiger charge is -2.31. The summed E-state index contributed by atoms with van der Waals surface area (Å²) >= 11 is 0. The number of nitriles is 1. The van der Waals surface area contributed by atoms with E-state index in [4.69, 9.17) is 15.1 Å². The maximum atomic E-state index is 13.4. The molecule has 1 fully saturated rings. The molecule has 0 radical (unpaired) electrons. The number of likely N-dealkylation sites (tertiary alicyclic amines) is 1. The first-order valence-electron chi connectivity index (χ1n) is 6.85. The molecule has 2 rings (SSSR count). The molecule has 1 aromatic rings. The second-order valence-corrected chi connectivity index (χ2v) is 5.03. The van der Waals surface area contributed by atoms with Gasteiger partial charge < -0.3 is 9.84 Å². The fraction of sp³-hybridized carbons (Fsp3) is 0.533. The van der Waals surface area contributed by atoms with E-state index in [-0.39, 0.29) is 18.5 Å². The number of aliphatic hydroxyl groups excluding tert-OH is 1. The number of halogens is 1. The Kier molecular flexibility index (Phi) is 5.48. The fourth-order valence-electron chi connectivity index (χ4n) is 2.52. The topological polar surface area (TPSA) is 56.5 Å². The third kappa shape index (κ3) is 4.27. The first-order valence-corrected chi connectivity index (χ1v) is 6.85. The van der Waals surface area contributed by atoms with Crippen LogP contribution in [0.2, 0.25) is 0 Å². The van der Waals surface area contributed by atoms with E-state index in [0.717, 1.165) is 31.5 Å². The van der Waals surface area contributed by atoms with Crippen LogP contribution in [-0.4, -0.2) is 42.4 Å². The van der Waals surface area contributed by atoms with Gasteiger partial charge in [-0.25, -0.2) is 4.39 Å². The number of benzene rings is 1. The van der Waals surface area contributed by atoms with Crippen LogP contribution in [0.5, 0.6) is 0 Å². The Morgan fingerprint density at radius 1 is 1.35 bits per heavy atom. The number of rotatable bonds is 5. The van der Waals surface area contributed by atoms with E-state index in [2.05, 4.69) is 4.90 Å². The molecule has 0 unspecified atom stereocenters. The Morgan fingerprint density at radius 3 is 2.75 bits per heavy atom. The highest BCUT2D eigenvalue weighted by atomic mass is 19.1. The molecule has 0 aromatic heterocycles. The molecule has 0 aliphatic carbocycles.